The van der Waals surface area contributed by atoms with E-state index in [1.165, 1.54) is 11.4 Å². The van der Waals surface area contributed by atoms with Crippen LogP contribution in [0.1, 0.15) is 27.7 Å². The standard InChI is InChI=1S/C11H21NO5S/c1-10(2,11(3,4)9(13)16-5)8-12-6-7-17-18(12,14)15/h6-8H2,1-5H3. The highest BCUT2D eigenvalue weighted by molar-refractivity contribution is 7.84. The molecule has 1 aliphatic rings. The first-order valence-electron chi connectivity index (χ1n) is 5.77. The summed E-state index contributed by atoms with van der Waals surface area (Å²) < 4.78 is 33.9. The lowest BCUT2D eigenvalue weighted by molar-refractivity contribution is -0.158. The molecule has 6 nitrogen and oxygen atoms in total. The number of hydrogen-bond acceptors (Lipinski definition) is 5. The Morgan fingerprint density at radius 2 is 1.89 bits per heavy atom. The summed E-state index contributed by atoms with van der Waals surface area (Å²) in [6, 6.07) is 0. The van der Waals surface area contributed by atoms with Gasteiger partial charge in [-0.1, -0.05) is 13.8 Å². The monoisotopic (exact) mass is 279 g/mol. The van der Waals surface area contributed by atoms with Crippen LogP contribution in [-0.4, -0.2) is 45.5 Å². The highest BCUT2D eigenvalue weighted by Crippen LogP contribution is 2.41. The molecule has 0 aromatic rings. The van der Waals surface area contributed by atoms with Gasteiger partial charge in [0, 0.05) is 13.1 Å². The number of rotatable bonds is 4. The minimum atomic E-state index is -3.63. The van der Waals surface area contributed by atoms with Gasteiger partial charge in [-0.2, -0.15) is 12.7 Å². The van der Waals surface area contributed by atoms with E-state index in [1.54, 1.807) is 13.8 Å². The fourth-order valence-corrected chi connectivity index (χ4v) is 2.97. The second-order valence-corrected chi connectivity index (χ2v) is 7.22. The van der Waals surface area contributed by atoms with Gasteiger partial charge < -0.3 is 4.74 Å². The Balaban J connectivity index is 2.91. The lowest BCUT2D eigenvalue weighted by Gasteiger charge is -2.40. The Hall–Kier alpha value is -0.660. The average molecular weight is 279 g/mol. The molecule has 0 bridgehead atoms. The molecule has 0 aromatic heterocycles. The van der Waals surface area contributed by atoms with Crippen LogP contribution in [0.25, 0.3) is 0 Å². The van der Waals surface area contributed by atoms with Crippen LogP contribution in [0.3, 0.4) is 0 Å². The van der Waals surface area contributed by atoms with Crippen LogP contribution in [0, 0.1) is 10.8 Å². The first-order chi connectivity index (χ1) is 8.04. The third kappa shape index (κ3) is 2.67. The van der Waals surface area contributed by atoms with Crippen molar-refractivity contribution in [3.05, 3.63) is 0 Å². The summed E-state index contributed by atoms with van der Waals surface area (Å²) in [7, 11) is -2.30. The molecule has 0 N–H and O–H groups in total. The highest BCUT2D eigenvalue weighted by Gasteiger charge is 2.47. The van der Waals surface area contributed by atoms with Crippen molar-refractivity contribution < 1.29 is 22.1 Å². The first kappa shape index (κ1) is 15.4. The smallest absolute Gasteiger partial charge is 0.338 e. The molecule has 1 rings (SSSR count). The van der Waals surface area contributed by atoms with E-state index in [0.717, 1.165) is 0 Å². The summed E-state index contributed by atoms with van der Waals surface area (Å²) in [5.74, 6) is -0.356. The van der Waals surface area contributed by atoms with Gasteiger partial charge in [0.1, 0.15) is 0 Å². The van der Waals surface area contributed by atoms with Gasteiger partial charge in [0.2, 0.25) is 0 Å². The summed E-state index contributed by atoms with van der Waals surface area (Å²) in [5, 5.41) is 0. The van der Waals surface area contributed by atoms with Crippen molar-refractivity contribution in [1.82, 2.24) is 4.31 Å². The number of ether oxygens (including phenoxy) is 1. The molecule has 0 aliphatic carbocycles. The van der Waals surface area contributed by atoms with Crippen molar-refractivity contribution in [2.24, 2.45) is 10.8 Å². The minimum absolute atomic E-state index is 0.164. The van der Waals surface area contributed by atoms with Gasteiger partial charge in [-0.25, -0.2) is 0 Å². The van der Waals surface area contributed by atoms with Gasteiger partial charge in [0.05, 0.1) is 19.1 Å². The molecule has 0 radical (unpaired) electrons. The molecule has 18 heavy (non-hydrogen) atoms. The molecular weight excluding hydrogens is 258 g/mol. The fourth-order valence-electron chi connectivity index (χ4n) is 1.76. The molecular formula is C11H21NO5S. The highest BCUT2D eigenvalue weighted by atomic mass is 32.2. The number of methoxy groups -OCH3 is 1. The van der Waals surface area contributed by atoms with E-state index in [1.807, 2.05) is 13.8 Å². The van der Waals surface area contributed by atoms with Gasteiger partial charge in [-0.15, -0.1) is 0 Å². The van der Waals surface area contributed by atoms with E-state index in [2.05, 4.69) is 4.18 Å². The lowest BCUT2D eigenvalue weighted by Crippen LogP contribution is -2.48. The molecule has 1 heterocycles. The number of carbonyl (C=O) groups is 1. The number of nitrogens with zero attached hydrogens (tertiary/aromatic N) is 1. The van der Waals surface area contributed by atoms with Crippen LogP contribution >= 0.6 is 0 Å². The van der Waals surface area contributed by atoms with Gasteiger partial charge >= 0.3 is 16.3 Å². The average Bonchev–Trinajstić information content (AvgIpc) is 2.56. The lowest BCUT2D eigenvalue weighted by atomic mass is 9.68. The van der Waals surface area contributed by atoms with Crippen molar-refractivity contribution >= 4 is 16.3 Å². The molecule has 1 aliphatic heterocycles. The summed E-state index contributed by atoms with van der Waals surface area (Å²) in [5.41, 5.74) is -1.36. The molecule has 7 heteroatoms. The van der Waals surface area contributed by atoms with Gasteiger partial charge in [0.15, 0.2) is 0 Å². The normalized spacial score (nSPS) is 20.9. The molecule has 0 spiro atoms. The van der Waals surface area contributed by atoms with Crippen molar-refractivity contribution in [2.75, 3.05) is 26.8 Å². The quantitative estimate of drug-likeness (QED) is 0.711. The van der Waals surface area contributed by atoms with Crippen LogP contribution in [0.15, 0.2) is 0 Å². The van der Waals surface area contributed by atoms with E-state index in [4.69, 9.17) is 4.74 Å². The minimum Gasteiger partial charge on any atom is -0.469 e. The van der Waals surface area contributed by atoms with Crippen molar-refractivity contribution in [3.63, 3.8) is 0 Å². The van der Waals surface area contributed by atoms with Crippen LogP contribution in [-0.2, 0) is 24.0 Å². The molecule has 0 atom stereocenters. The van der Waals surface area contributed by atoms with Crippen LogP contribution in [0.4, 0.5) is 0 Å². The molecule has 0 saturated carbocycles. The summed E-state index contributed by atoms with van der Waals surface area (Å²) in [6.45, 7) is 7.90. The Morgan fingerprint density at radius 3 is 2.28 bits per heavy atom. The van der Waals surface area contributed by atoms with Crippen molar-refractivity contribution in [1.29, 1.82) is 0 Å². The number of hydrogen-bond donors (Lipinski definition) is 0. The number of esters is 1. The van der Waals surface area contributed by atoms with E-state index in [-0.39, 0.29) is 19.1 Å². The van der Waals surface area contributed by atoms with Crippen molar-refractivity contribution in [3.8, 4) is 0 Å². The van der Waals surface area contributed by atoms with Crippen LogP contribution in [0.2, 0.25) is 0 Å². The van der Waals surface area contributed by atoms with Crippen molar-refractivity contribution in [2.45, 2.75) is 27.7 Å². The maximum absolute atomic E-state index is 11.8. The summed E-state index contributed by atoms with van der Waals surface area (Å²) in [4.78, 5) is 11.8. The second kappa shape index (κ2) is 4.79. The van der Waals surface area contributed by atoms with E-state index >= 15 is 0 Å². The van der Waals surface area contributed by atoms with Crippen LogP contribution in [0.5, 0.6) is 0 Å². The maximum Gasteiger partial charge on any atom is 0.338 e. The van der Waals surface area contributed by atoms with E-state index < -0.39 is 21.1 Å². The van der Waals surface area contributed by atoms with Crippen LogP contribution < -0.4 is 0 Å². The largest absolute Gasteiger partial charge is 0.469 e. The Morgan fingerprint density at radius 1 is 1.33 bits per heavy atom. The van der Waals surface area contributed by atoms with Gasteiger partial charge in [-0.3, -0.25) is 8.98 Å². The summed E-state index contributed by atoms with van der Waals surface area (Å²) >= 11 is 0. The van der Waals surface area contributed by atoms with Gasteiger partial charge in [-0.05, 0) is 19.3 Å². The zero-order valence-electron chi connectivity index (χ0n) is 11.5. The molecule has 0 aromatic carbocycles. The third-order valence-corrected chi connectivity index (χ3v) is 5.26. The topological polar surface area (TPSA) is 72.9 Å². The maximum atomic E-state index is 11.8. The number of carbonyl (C=O) groups excluding carboxylic acids is 1. The Kier molecular flexibility index (Phi) is 4.10. The van der Waals surface area contributed by atoms with E-state index in [0.29, 0.717) is 6.54 Å². The SMILES string of the molecule is COC(=O)C(C)(C)C(C)(C)CN1CCOS1(=O)=O. The summed E-state index contributed by atoms with van der Waals surface area (Å²) in [6.07, 6.45) is 0. The zero-order valence-corrected chi connectivity index (χ0v) is 12.3. The second-order valence-electron chi connectivity index (χ2n) is 5.61. The molecule has 0 unspecified atom stereocenters. The predicted octanol–water partition coefficient (Wildman–Crippen LogP) is 0.789. The van der Waals surface area contributed by atoms with Gasteiger partial charge in [0.25, 0.3) is 0 Å². The molecule has 0 amide bonds. The molecule has 1 saturated heterocycles. The molecule has 106 valence electrons. The van der Waals surface area contributed by atoms with E-state index in [9.17, 15) is 13.2 Å². The fraction of sp³-hybridized carbons (Fsp3) is 0.909. The zero-order chi connectivity index (χ0) is 14.2. The Labute approximate surface area is 109 Å². The third-order valence-electron chi connectivity index (χ3n) is 3.85. The Bertz CT molecular complexity index is 427. The predicted molar refractivity (Wildman–Crippen MR) is 66.0 cm³/mol. The first-order valence-corrected chi connectivity index (χ1v) is 7.14. The molecule has 1 fully saturated rings.